The van der Waals surface area contributed by atoms with Crippen molar-refractivity contribution in [2.45, 2.75) is 32.4 Å². The van der Waals surface area contributed by atoms with Gasteiger partial charge in [0.15, 0.2) is 0 Å². The van der Waals surface area contributed by atoms with Gasteiger partial charge in [0.1, 0.15) is 0 Å². The molecule has 2 heterocycles. The van der Waals surface area contributed by atoms with Gasteiger partial charge in [0.05, 0.1) is 12.1 Å². The van der Waals surface area contributed by atoms with Gasteiger partial charge in [-0.2, -0.15) is 0 Å². The normalized spacial score (nSPS) is 22.5. The number of hydrogen-bond donors (Lipinski definition) is 2. The first-order valence-electron chi connectivity index (χ1n) is 8.05. The van der Waals surface area contributed by atoms with Crippen molar-refractivity contribution in [1.82, 2.24) is 9.88 Å². The molecule has 2 atom stereocenters. The summed E-state index contributed by atoms with van der Waals surface area (Å²) in [5.41, 5.74) is 5.02. The van der Waals surface area contributed by atoms with Crippen LogP contribution < -0.4 is 5.32 Å². The molecule has 0 amide bonds. The fourth-order valence-electron chi connectivity index (χ4n) is 3.77. The van der Waals surface area contributed by atoms with Gasteiger partial charge in [0, 0.05) is 28.4 Å². The third-order valence-electron chi connectivity index (χ3n) is 4.86. The lowest BCUT2D eigenvalue weighted by Crippen LogP contribution is -2.41. The van der Waals surface area contributed by atoms with Crippen LogP contribution in [0.5, 0.6) is 0 Å². The molecule has 0 aliphatic carbocycles. The first-order chi connectivity index (χ1) is 10.6. The van der Waals surface area contributed by atoms with Crippen LogP contribution >= 0.6 is 0 Å². The van der Waals surface area contributed by atoms with Gasteiger partial charge in [0.25, 0.3) is 0 Å². The molecule has 0 saturated carbocycles. The second-order valence-corrected chi connectivity index (χ2v) is 6.54. The van der Waals surface area contributed by atoms with Crippen molar-refractivity contribution in [3.05, 3.63) is 47.5 Å². The van der Waals surface area contributed by atoms with Crippen molar-refractivity contribution in [1.29, 1.82) is 0 Å². The molecular weight excluding hydrogens is 272 g/mol. The zero-order chi connectivity index (χ0) is 15.3. The van der Waals surface area contributed by atoms with Gasteiger partial charge in [-0.1, -0.05) is 23.3 Å². The number of nitrogens with zero attached hydrogens (tertiary/aromatic N) is 1. The summed E-state index contributed by atoms with van der Waals surface area (Å²) >= 11 is 0. The number of aliphatic hydroxyl groups is 1. The minimum atomic E-state index is -0.338. The van der Waals surface area contributed by atoms with Crippen LogP contribution in [-0.2, 0) is 0 Å². The molecule has 3 nitrogen and oxygen atoms in total. The third kappa shape index (κ3) is 2.04. The van der Waals surface area contributed by atoms with Gasteiger partial charge < -0.3 is 15.0 Å². The number of benzene rings is 2. The van der Waals surface area contributed by atoms with E-state index < -0.39 is 0 Å². The Morgan fingerprint density at radius 3 is 2.14 bits per heavy atom. The molecule has 2 aromatic carbocycles. The van der Waals surface area contributed by atoms with Crippen molar-refractivity contribution in [2.24, 2.45) is 0 Å². The fraction of sp³-hybridized carbons (Fsp3) is 0.368. The van der Waals surface area contributed by atoms with E-state index in [0.717, 1.165) is 13.0 Å². The molecule has 1 aliphatic heterocycles. The molecule has 4 rings (SSSR count). The van der Waals surface area contributed by atoms with Crippen LogP contribution in [-0.4, -0.2) is 28.9 Å². The maximum absolute atomic E-state index is 10.5. The predicted molar refractivity (Wildman–Crippen MR) is 91.4 cm³/mol. The number of aryl methyl sites for hydroxylation is 2. The second-order valence-electron chi connectivity index (χ2n) is 6.54. The summed E-state index contributed by atoms with van der Waals surface area (Å²) in [6, 6.07) is 13.4. The van der Waals surface area contributed by atoms with Gasteiger partial charge in [-0.25, -0.2) is 0 Å². The van der Waals surface area contributed by atoms with E-state index in [1.807, 2.05) is 0 Å². The van der Waals surface area contributed by atoms with Crippen LogP contribution in [0.25, 0.3) is 21.8 Å². The van der Waals surface area contributed by atoms with E-state index in [1.54, 1.807) is 0 Å². The number of hydrogen-bond acceptors (Lipinski definition) is 2. The molecule has 0 spiro atoms. The van der Waals surface area contributed by atoms with Gasteiger partial charge in [-0.3, -0.25) is 0 Å². The highest BCUT2D eigenvalue weighted by Gasteiger charge is 2.27. The highest BCUT2D eigenvalue weighted by atomic mass is 16.3. The maximum atomic E-state index is 10.5. The van der Waals surface area contributed by atoms with Crippen LogP contribution in [0.15, 0.2) is 36.4 Å². The van der Waals surface area contributed by atoms with Crippen LogP contribution in [0, 0.1) is 13.8 Å². The lowest BCUT2D eigenvalue weighted by atomic mass is 10.0. The smallest absolute Gasteiger partial charge is 0.0872 e. The van der Waals surface area contributed by atoms with E-state index in [0.29, 0.717) is 6.54 Å². The summed E-state index contributed by atoms with van der Waals surface area (Å²) in [6.07, 6.45) is 0.622. The molecule has 1 aliphatic rings. The minimum absolute atomic E-state index is 0.145. The summed E-state index contributed by atoms with van der Waals surface area (Å²) in [5, 5.41) is 16.4. The molecule has 0 unspecified atom stereocenters. The fourth-order valence-corrected chi connectivity index (χ4v) is 3.77. The summed E-state index contributed by atoms with van der Waals surface area (Å²) in [7, 11) is 0. The predicted octanol–water partition coefficient (Wildman–Crippen LogP) is 3.31. The highest BCUT2D eigenvalue weighted by molar-refractivity contribution is 6.08. The molecule has 1 aromatic heterocycles. The Hall–Kier alpha value is -1.84. The molecular formula is C19H22N2O. The van der Waals surface area contributed by atoms with E-state index in [4.69, 9.17) is 0 Å². The maximum Gasteiger partial charge on any atom is 0.0872 e. The Kier molecular flexibility index (Phi) is 3.21. The van der Waals surface area contributed by atoms with Gasteiger partial charge in [-0.15, -0.1) is 0 Å². The Morgan fingerprint density at radius 1 is 1.00 bits per heavy atom. The summed E-state index contributed by atoms with van der Waals surface area (Å²) < 4.78 is 2.36. The molecule has 3 aromatic rings. The van der Waals surface area contributed by atoms with Crippen LogP contribution in [0.4, 0.5) is 0 Å². The average Bonchev–Trinajstić information content (AvgIpc) is 2.81. The molecule has 2 N–H and O–H groups in total. The number of aromatic nitrogens is 1. The molecule has 1 fully saturated rings. The van der Waals surface area contributed by atoms with Crippen LogP contribution in [0.3, 0.4) is 0 Å². The Labute approximate surface area is 130 Å². The minimum Gasteiger partial charge on any atom is -0.390 e. The topological polar surface area (TPSA) is 37.2 Å². The molecule has 0 radical (unpaired) electrons. The van der Waals surface area contributed by atoms with Crippen molar-refractivity contribution >= 4 is 21.8 Å². The number of β-amino-alcohol motifs (C(OH)–C–C–N with tert-alkyl or cyclic N) is 1. The average molecular weight is 294 g/mol. The SMILES string of the molecule is Cc1ccc2c(c1)c1cc(C)ccc1n2[C@H]1CCNC[C@@H]1O. The van der Waals surface area contributed by atoms with E-state index in [1.165, 1.54) is 32.9 Å². The number of fused-ring (bicyclic) bond motifs is 3. The number of aliphatic hydroxyl groups excluding tert-OH is 1. The second kappa shape index (κ2) is 5.11. The van der Waals surface area contributed by atoms with Crippen molar-refractivity contribution in [2.75, 3.05) is 13.1 Å². The number of piperidine rings is 1. The zero-order valence-electron chi connectivity index (χ0n) is 13.1. The third-order valence-corrected chi connectivity index (χ3v) is 4.86. The van der Waals surface area contributed by atoms with Crippen molar-refractivity contribution in [3.8, 4) is 0 Å². The first kappa shape index (κ1) is 13.8. The van der Waals surface area contributed by atoms with Gasteiger partial charge in [0.2, 0.25) is 0 Å². The molecule has 0 bridgehead atoms. The molecule has 22 heavy (non-hydrogen) atoms. The summed E-state index contributed by atoms with van der Waals surface area (Å²) in [5.74, 6) is 0. The Balaban J connectivity index is 2.06. The van der Waals surface area contributed by atoms with Crippen molar-refractivity contribution < 1.29 is 5.11 Å². The van der Waals surface area contributed by atoms with Gasteiger partial charge >= 0.3 is 0 Å². The van der Waals surface area contributed by atoms with Crippen molar-refractivity contribution in [3.63, 3.8) is 0 Å². The standard InChI is InChI=1S/C19H22N2O/c1-12-3-5-16-14(9-12)15-10-13(2)4-6-17(15)21(16)18-7-8-20-11-19(18)22/h3-6,9-10,18-20,22H,7-8,11H2,1-2H3/t18-,19-/m0/s1. The largest absolute Gasteiger partial charge is 0.390 e. The number of rotatable bonds is 1. The van der Waals surface area contributed by atoms with Crippen LogP contribution in [0.1, 0.15) is 23.6 Å². The summed E-state index contributed by atoms with van der Waals surface area (Å²) in [4.78, 5) is 0. The van der Waals surface area contributed by atoms with Gasteiger partial charge in [-0.05, 0) is 51.1 Å². The Morgan fingerprint density at radius 2 is 1.59 bits per heavy atom. The Bertz CT molecular complexity index is 790. The highest BCUT2D eigenvalue weighted by Crippen LogP contribution is 2.35. The first-order valence-corrected chi connectivity index (χ1v) is 8.05. The van der Waals surface area contributed by atoms with Crippen LogP contribution in [0.2, 0.25) is 0 Å². The van der Waals surface area contributed by atoms with E-state index in [9.17, 15) is 5.11 Å². The summed E-state index contributed by atoms with van der Waals surface area (Å²) in [6.45, 7) is 5.90. The number of nitrogens with one attached hydrogen (secondary N) is 1. The molecule has 114 valence electrons. The molecule has 1 saturated heterocycles. The lowest BCUT2D eigenvalue weighted by molar-refractivity contribution is 0.0913. The van der Waals surface area contributed by atoms with E-state index in [-0.39, 0.29) is 12.1 Å². The van der Waals surface area contributed by atoms with E-state index in [2.05, 4.69) is 60.1 Å². The zero-order valence-corrected chi connectivity index (χ0v) is 13.1. The monoisotopic (exact) mass is 294 g/mol. The van der Waals surface area contributed by atoms with E-state index >= 15 is 0 Å². The molecule has 3 heteroatoms. The lowest BCUT2D eigenvalue weighted by Gasteiger charge is -2.31. The quantitative estimate of drug-likeness (QED) is 0.722.